The SMILES string of the molecule is Cn1c(CCNC(=O)c2cccc(Cl)c2)nnc1SCc1ccccn1. The number of halogens is 1. The first-order valence-corrected chi connectivity index (χ1v) is 9.44. The molecule has 0 saturated heterocycles. The number of pyridine rings is 1. The van der Waals surface area contributed by atoms with Gasteiger partial charge in [0.2, 0.25) is 0 Å². The highest BCUT2D eigenvalue weighted by Crippen LogP contribution is 2.20. The molecule has 6 nitrogen and oxygen atoms in total. The zero-order chi connectivity index (χ0) is 18.4. The summed E-state index contributed by atoms with van der Waals surface area (Å²) < 4.78 is 1.94. The van der Waals surface area contributed by atoms with Crippen LogP contribution in [0.3, 0.4) is 0 Å². The average molecular weight is 388 g/mol. The van der Waals surface area contributed by atoms with Gasteiger partial charge in [-0.15, -0.1) is 10.2 Å². The molecule has 2 heterocycles. The Morgan fingerprint density at radius 3 is 2.88 bits per heavy atom. The summed E-state index contributed by atoms with van der Waals surface area (Å²) in [7, 11) is 1.93. The molecule has 0 spiro atoms. The van der Waals surface area contributed by atoms with Gasteiger partial charge in [-0.05, 0) is 30.3 Å². The zero-order valence-electron chi connectivity index (χ0n) is 14.2. The number of hydrogen-bond donors (Lipinski definition) is 1. The summed E-state index contributed by atoms with van der Waals surface area (Å²) in [5.41, 5.74) is 1.54. The van der Waals surface area contributed by atoms with E-state index >= 15 is 0 Å². The molecule has 2 aromatic heterocycles. The van der Waals surface area contributed by atoms with Crippen molar-refractivity contribution in [2.45, 2.75) is 17.3 Å². The number of carbonyl (C=O) groups is 1. The Kier molecular flexibility index (Phi) is 6.25. The molecule has 1 N–H and O–H groups in total. The van der Waals surface area contributed by atoms with Gasteiger partial charge in [0.25, 0.3) is 5.91 Å². The van der Waals surface area contributed by atoms with Crippen LogP contribution in [0.1, 0.15) is 21.9 Å². The van der Waals surface area contributed by atoms with E-state index in [1.54, 1.807) is 42.2 Å². The molecule has 0 aliphatic carbocycles. The summed E-state index contributed by atoms with van der Waals surface area (Å²) in [6.07, 6.45) is 2.38. The van der Waals surface area contributed by atoms with Gasteiger partial charge in [-0.25, -0.2) is 0 Å². The third-order valence-electron chi connectivity index (χ3n) is 3.72. The molecule has 0 saturated carbocycles. The number of rotatable bonds is 7. The molecule has 3 aromatic rings. The van der Waals surface area contributed by atoms with E-state index in [-0.39, 0.29) is 5.91 Å². The van der Waals surface area contributed by atoms with E-state index in [9.17, 15) is 4.79 Å². The minimum absolute atomic E-state index is 0.153. The van der Waals surface area contributed by atoms with Crippen LogP contribution in [0.2, 0.25) is 5.02 Å². The molecule has 0 radical (unpaired) electrons. The summed E-state index contributed by atoms with van der Waals surface area (Å²) in [4.78, 5) is 16.4. The molecule has 0 fully saturated rings. The topological polar surface area (TPSA) is 72.7 Å². The molecular formula is C18H18ClN5OS. The predicted octanol–water partition coefficient (Wildman–Crippen LogP) is 3.13. The Balaban J connectivity index is 1.51. The van der Waals surface area contributed by atoms with Crippen molar-refractivity contribution in [3.05, 3.63) is 70.8 Å². The van der Waals surface area contributed by atoms with Crippen LogP contribution in [0.15, 0.2) is 53.8 Å². The van der Waals surface area contributed by atoms with Crippen LogP contribution in [-0.2, 0) is 19.2 Å². The predicted molar refractivity (Wildman–Crippen MR) is 102 cm³/mol. The van der Waals surface area contributed by atoms with Crippen LogP contribution in [0.5, 0.6) is 0 Å². The van der Waals surface area contributed by atoms with Crippen LogP contribution in [0.25, 0.3) is 0 Å². The lowest BCUT2D eigenvalue weighted by atomic mass is 10.2. The maximum Gasteiger partial charge on any atom is 0.251 e. The van der Waals surface area contributed by atoms with Crippen LogP contribution in [0.4, 0.5) is 0 Å². The number of nitrogens with zero attached hydrogens (tertiary/aromatic N) is 4. The van der Waals surface area contributed by atoms with E-state index in [0.29, 0.717) is 23.6 Å². The highest BCUT2D eigenvalue weighted by molar-refractivity contribution is 7.98. The third kappa shape index (κ3) is 4.83. The second-order valence-corrected chi connectivity index (χ2v) is 6.96. The van der Waals surface area contributed by atoms with Crippen molar-refractivity contribution in [1.29, 1.82) is 0 Å². The first-order valence-electron chi connectivity index (χ1n) is 8.08. The monoisotopic (exact) mass is 387 g/mol. The van der Waals surface area contributed by atoms with Gasteiger partial charge in [0.05, 0.1) is 5.69 Å². The van der Waals surface area contributed by atoms with Crippen molar-refractivity contribution in [3.8, 4) is 0 Å². The molecule has 0 atom stereocenters. The molecular weight excluding hydrogens is 370 g/mol. The lowest BCUT2D eigenvalue weighted by Gasteiger charge is -2.06. The molecule has 1 aromatic carbocycles. The highest BCUT2D eigenvalue weighted by atomic mass is 35.5. The Bertz CT molecular complexity index is 884. The summed E-state index contributed by atoms with van der Waals surface area (Å²) >= 11 is 7.49. The Morgan fingerprint density at radius 2 is 2.12 bits per heavy atom. The quantitative estimate of drug-likeness (QED) is 0.630. The van der Waals surface area contributed by atoms with Gasteiger partial charge in [-0.1, -0.05) is 35.5 Å². The van der Waals surface area contributed by atoms with Gasteiger partial charge >= 0.3 is 0 Å². The Labute approximate surface area is 161 Å². The van der Waals surface area contributed by atoms with Gasteiger partial charge in [-0.3, -0.25) is 9.78 Å². The number of benzene rings is 1. The van der Waals surface area contributed by atoms with Crippen LogP contribution in [0, 0.1) is 0 Å². The number of thioether (sulfide) groups is 1. The van der Waals surface area contributed by atoms with Crippen molar-refractivity contribution in [3.63, 3.8) is 0 Å². The average Bonchev–Trinajstić information content (AvgIpc) is 3.01. The maximum absolute atomic E-state index is 12.1. The summed E-state index contributed by atoms with van der Waals surface area (Å²) in [5.74, 6) is 1.40. The number of nitrogens with one attached hydrogen (secondary N) is 1. The van der Waals surface area contributed by atoms with Crippen molar-refractivity contribution >= 4 is 29.3 Å². The standard InChI is InChI=1S/C18H18ClN5OS/c1-24-16(8-10-21-17(25)13-5-4-6-14(19)11-13)22-23-18(24)26-12-15-7-2-3-9-20-15/h2-7,9,11H,8,10,12H2,1H3,(H,21,25). The third-order valence-corrected chi connectivity index (χ3v) is 5.01. The fraction of sp³-hybridized carbons (Fsp3) is 0.222. The molecule has 0 aliphatic heterocycles. The number of carbonyl (C=O) groups excluding carboxylic acids is 1. The summed E-state index contributed by atoms with van der Waals surface area (Å²) in [6, 6.07) is 12.7. The molecule has 1 amide bonds. The molecule has 8 heteroatoms. The number of hydrogen-bond acceptors (Lipinski definition) is 5. The van der Waals surface area contributed by atoms with Gasteiger partial charge < -0.3 is 9.88 Å². The smallest absolute Gasteiger partial charge is 0.251 e. The Hall–Kier alpha value is -2.38. The van der Waals surface area contributed by atoms with Gasteiger partial charge in [0.1, 0.15) is 5.82 Å². The van der Waals surface area contributed by atoms with Crippen LogP contribution in [-0.4, -0.2) is 32.2 Å². The number of aromatic nitrogens is 4. The maximum atomic E-state index is 12.1. The molecule has 3 rings (SSSR count). The van der Waals surface area contributed by atoms with Crippen LogP contribution < -0.4 is 5.32 Å². The molecule has 0 bridgehead atoms. The van der Waals surface area contributed by atoms with E-state index < -0.39 is 0 Å². The summed E-state index contributed by atoms with van der Waals surface area (Å²) in [6.45, 7) is 0.474. The Morgan fingerprint density at radius 1 is 1.23 bits per heavy atom. The minimum Gasteiger partial charge on any atom is -0.352 e. The first-order chi connectivity index (χ1) is 12.6. The molecule has 0 unspecified atom stereocenters. The fourth-order valence-electron chi connectivity index (χ4n) is 2.33. The summed E-state index contributed by atoms with van der Waals surface area (Å²) in [5, 5.41) is 12.7. The van der Waals surface area contributed by atoms with Crippen LogP contribution >= 0.6 is 23.4 Å². The van der Waals surface area contributed by atoms with E-state index in [4.69, 9.17) is 11.6 Å². The first kappa shape index (κ1) is 18.4. The largest absolute Gasteiger partial charge is 0.352 e. The van der Waals surface area contributed by atoms with Crippen molar-refractivity contribution in [2.24, 2.45) is 7.05 Å². The molecule has 134 valence electrons. The second kappa shape index (κ2) is 8.82. The fourth-order valence-corrected chi connectivity index (χ4v) is 3.37. The highest BCUT2D eigenvalue weighted by Gasteiger charge is 2.11. The van der Waals surface area contributed by atoms with Gasteiger partial charge in [0.15, 0.2) is 5.16 Å². The lowest BCUT2D eigenvalue weighted by molar-refractivity contribution is 0.0954. The van der Waals surface area contributed by atoms with E-state index in [0.717, 1.165) is 22.4 Å². The lowest BCUT2D eigenvalue weighted by Crippen LogP contribution is -2.26. The second-order valence-electron chi connectivity index (χ2n) is 5.58. The number of amides is 1. The normalized spacial score (nSPS) is 10.7. The van der Waals surface area contributed by atoms with Crippen molar-refractivity contribution in [1.82, 2.24) is 25.1 Å². The molecule has 0 aliphatic rings. The van der Waals surface area contributed by atoms with E-state index in [1.807, 2.05) is 29.8 Å². The van der Waals surface area contributed by atoms with E-state index in [2.05, 4.69) is 20.5 Å². The van der Waals surface area contributed by atoms with Crippen molar-refractivity contribution in [2.75, 3.05) is 6.54 Å². The van der Waals surface area contributed by atoms with Gasteiger partial charge in [-0.2, -0.15) is 0 Å². The van der Waals surface area contributed by atoms with E-state index in [1.165, 1.54) is 0 Å². The van der Waals surface area contributed by atoms with Crippen molar-refractivity contribution < 1.29 is 4.79 Å². The zero-order valence-corrected chi connectivity index (χ0v) is 15.8. The molecule has 26 heavy (non-hydrogen) atoms. The van der Waals surface area contributed by atoms with Gasteiger partial charge in [0, 0.05) is 42.5 Å². The minimum atomic E-state index is -0.153.